The average molecular weight is 222 g/mol. The van der Waals surface area contributed by atoms with Crippen LogP contribution in [0.25, 0.3) is 0 Å². The highest BCUT2D eigenvalue weighted by Crippen LogP contribution is 2.22. The van der Waals surface area contributed by atoms with Gasteiger partial charge in [-0.1, -0.05) is 0 Å². The molecule has 1 aliphatic rings. The first-order valence-corrected chi connectivity index (χ1v) is 5.35. The van der Waals surface area contributed by atoms with Gasteiger partial charge in [-0.3, -0.25) is 0 Å². The van der Waals surface area contributed by atoms with Gasteiger partial charge in [0.2, 0.25) is 0 Å². The van der Waals surface area contributed by atoms with E-state index in [0.717, 1.165) is 18.7 Å². The Hall–Kier alpha value is -1.65. The maximum absolute atomic E-state index is 13.2. The van der Waals surface area contributed by atoms with Crippen molar-refractivity contribution >= 4 is 17.7 Å². The van der Waals surface area contributed by atoms with Crippen LogP contribution in [-0.4, -0.2) is 30.5 Å². The van der Waals surface area contributed by atoms with Crippen LogP contribution in [0.4, 0.5) is 15.9 Å². The van der Waals surface area contributed by atoms with E-state index in [1.807, 2.05) is 4.90 Å². The molecule has 0 spiro atoms. The van der Waals surface area contributed by atoms with Gasteiger partial charge in [-0.25, -0.2) is 9.37 Å². The molecule has 3 N–H and O–H groups in total. The Morgan fingerprint density at radius 3 is 3.12 bits per heavy atom. The Bertz CT molecular complexity index is 394. The van der Waals surface area contributed by atoms with Crippen LogP contribution in [-0.2, 0) is 0 Å². The second kappa shape index (κ2) is 4.47. The molecule has 2 rings (SSSR count). The van der Waals surface area contributed by atoms with E-state index >= 15 is 0 Å². The number of pyridine rings is 1. The van der Waals surface area contributed by atoms with Gasteiger partial charge in [0, 0.05) is 24.9 Å². The molecule has 0 aromatic carbocycles. The van der Waals surface area contributed by atoms with Crippen LogP contribution in [0.1, 0.15) is 18.4 Å². The number of nitrogen functional groups attached to an aromatic ring is 1. The lowest BCUT2D eigenvalue weighted by atomic mass is 10.1. The van der Waals surface area contributed by atoms with Crippen LogP contribution in [0.2, 0.25) is 0 Å². The molecular weight excluding hydrogens is 207 g/mol. The molecule has 1 aromatic rings. The fourth-order valence-electron chi connectivity index (χ4n) is 1.93. The fourth-order valence-corrected chi connectivity index (χ4v) is 1.93. The van der Waals surface area contributed by atoms with Crippen molar-refractivity contribution in [2.45, 2.75) is 19.0 Å². The minimum absolute atomic E-state index is 0.340. The summed E-state index contributed by atoms with van der Waals surface area (Å²) in [7, 11) is 0. The zero-order valence-electron chi connectivity index (χ0n) is 8.99. The van der Waals surface area contributed by atoms with Crippen LogP contribution in [0.15, 0.2) is 12.3 Å². The summed E-state index contributed by atoms with van der Waals surface area (Å²) in [4.78, 5) is 5.96. The molecule has 2 heterocycles. The van der Waals surface area contributed by atoms with Gasteiger partial charge >= 0.3 is 0 Å². The van der Waals surface area contributed by atoms with Gasteiger partial charge in [0.05, 0.1) is 11.9 Å². The number of hydrogen-bond acceptors (Lipinski definition) is 4. The summed E-state index contributed by atoms with van der Waals surface area (Å²) in [6.45, 7) is 1.24. The molecule has 1 atom stereocenters. The van der Waals surface area contributed by atoms with Gasteiger partial charge in [0.15, 0.2) is 0 Å². The van der Waals surface area contributed by atoms with E-state index in [-0.39, 0.29) is 0 Å². The molecule has 0 saturated carbocycles. The normalized spacial score (nSPS) is 20.8. The number of anilines is 2. The first kappa shape index (κ1) is 10.9. The predicted octanol–water partition coefficient (Wildman–Crippen LogP) is 1.60. The fraction of sp³-hybridized carbons (Fsp3) is 0.455. The lowest BCUT2D eigenvalue weighted by molar-refractivity contribution is 0.287. The van der Waals surface area contributed by atoms with Crippen LogP contribution >= 0.6 is 0 Å². The molecule has 86 valence electrons. The molecule has 4 nitrogen and oxygen atoms in total. The van der Waals surface area contributed by atoms with Crippen molar-refractivity contribution in [1.29, 1.82) is 5.41 Å². The zero-order valence-corrected chi connectivity index (χ0v) is 8.99. The van der Waals surface area contributed by atoms with Crippen LogP contribution in [0.3, 0.4) is 0 Å². The lowest BCUT2D eigenvalue weighted by Crippen LogP contribution is -2.36. The number of nitrogens with two attached hydrogens (primary N) is 1. The number of aromatic nitrogens is 1. The number of rotatable bonds is 2. The van der Waals surface area contributed by atoms with Crippen molar-refractivity contribution in [3.05, 3.63) is 17.8 Å². The van der Waals surface area contributed by atoms with E-state index in [4.69, 9.17) is 11.1 Å². The maximum Gasteiger partial charge on any atom is 0.132 e. The van der Waals surface area contributed by atoms with Crippen molar-refractivity contribution in [2.24, 2.45) is 0 Å². The minimum Gasteiger partial charge on any atom is -0.383 e. The highest BCUT2D eigenvalue weighted by atomic mass is 19.1. The van der Waals surface area contributed by atoms with Crippen molar-refractivity contribution in [2.75, 3.05) is 23.7 Å². The van der Waals surface area contributed by atoms with Crippen molar-refractivity contribution in [3.8, 4) is 0 Å². The lowest BCUT2D eigenvalue weighted by Gasteiger charge is -2.30. The molecule has 1 fully saturated rings. The molecule has 0 amide bonds. The smallest absolute Gasteiger partial charge is 0.132 e. The van der Waals surface area contributed by atoms with E-state index in [1.54, 1.807) is 12.3 Å². The quantitative estimate of drug-likeness (QED) is 0.747. The number of piperidine rings is 1. The third kappa shape index (κ3) is 2.13. The summed E-state index contributed by atoms with van der Waals surface area (Å²) in [6, 6.07) is 1.79. The van der Waals surface area contributed by atoms with E-state index in [1.165, 1.54) is 6.21 Å². The zero-order chi connectivity index (χ0) is 11.5. The number of alkyl halides is 1. The summed E-state index contributed by atoms with van der Waals surface area (Å²) >= 11 is 0. The SMILES string of the molecule is N=Cc1cc(N2CCCC(F)C2)cnc1N. The molecule has 16 heavy (non-hydrogen) atoms. The highest BCUT2D eigenvalue weighted by Gasteiger charge is 2.19. The topological polar surface area (TPSA) is 66.0 Å². The molecule has 5 heteroatoms. The summed E-state index contributed by atoms with van der Waals surface area (Å²) < 4.78 is 13.2. The van der Waals surface area contributed by atoms with Gasteiger partial charge in [-0.15, -0.1) is 0 Å². The maximum atomic E-state index is 13.2. The Morgan fingerprint density at radius 1 is 1.62 bits per heavy atom. The van der Waals surface area contributed by atoms with Crippen LogP contribution in [0.5, 0.6) is 0 Å². The Balaban J connectivity index is 2.22. The summed E-state index contributed by atoms with van der Waals surface area (Å²) in [5.41, 5.74) is 7.03. The molecule has 1 aromatic heterocycles. The summed E-state index contributed by atoms with van der Waals surface area (Å²) in [5.74, 6) is 0.340. The third-order valence-electron chi connectivity index (χ3n) is 2.82. The predicted molar refractivity (Wildman–Crippen MR) is 62.9 cm³/mol. The van der Waals surface area contributed by atoms with E-state index < -0.39 is 6.17 Å². The largest absolute Gasteiger partial charge is 0.383 e. The molecule has 1 unspecified atom stereocenters. The molecule has 0 radical (unpaired) electrons. The van der Waals surface area contributed by atoms with Gasteiger partial charge in [-0.05, 0) is 18.9 Å². The number of halogens is 1. The Morgan fingerprint density at radius 2 is 2.44 bits per heavy atom. The molecule has 0 aliphatic carbocycles. The highest BCUT2D eigenvalue weighted by molar-refractivity contribution is 5.85. The monoisotopic (exact) mass is 222 g/mol. The summed E-state index contributed by atoms with van der Waals surface area (Å²) in [5, 5.41) is 7.20. The van der Waals surface area contributed by atoms with Crippen LogP contribution < -0.4 is 10.6 Å². The molecular formula is C11H15FN4. The first-order valence-electron chi connectivity index (χ1n) is 5.35. The molecule has 0 bridgehead atoms. The van der Waals surface area contributed by atoms with E-state index in [0.29, 0.717) is 24.3 Å². The second-order valence-corrected chi connectivity index (χ2v) is 4.00. The van der Waals surface area contributed by atoms with E-state index in [2.05, 4.69) is 4.98 Å². The first-order chi connectivity index (χ1) is 7.70. The van der Waals surface area contributed by atoms with Gasteiger partial charge < -0.3 is 16.0 Å². The third-order valence-corrected chi connectivity index (χ3v) is 2.82. The Labute approximate surface area is 93.8 Å². The van der Waals surface area contributed by atoms with Crippen molar-refractivity contribution in [3.63, 3.8) is 0 Å². The van der Waals surface area contributed by atoms with Crippen molar-refractivity contribution in [1.82, 2.24) is 4.98 Å². The van der Waals surface area contributed by atoms with Crippen LogP contribution in [0, 0.1) is 5.41 Å². The number of nitrogens with one attached hydrogen (secondary N) is 1. The number of hydrogen-bond donors (Lipinski definition) is 2. The molecule has 1 saturated heterocycles. The van der Waals surface area contributed by atoms with Gasteiger partial charge in [0.25, 0.3) is 0 Å². The summed E-state index contributed by atoms with van der Waals surface area (Å²) in [6.07, 6.45) is 3.53. The second-order valence-electron chi connectivity index (χ2n) is 4.00. The number of nitrogens with zero attached hydrogens (tertiary/aromatic N) is 2. The van der Waals surface area contributed by atoms with E-state index in [9.17, 15) is 4.39 Å². The van der Waals surface area contributed by atoms with Gasteiger partial charge in [-0.2, -0.15) is 0 Å². The average Bonchev–Trinajstić information content (AvgIpc) is 2.29. The minimum atomic E-state index is -0.769. The van der Waals surface area contributed by atoms with Crippen molar-refractivity contribution < 1.29 is 4.39 Å². The molecule has 1 aliphatic heterocycles. The standard InChI is InChI=1S/C11H15FN4/c12-9-2-1-3-16(7-9)10-4-8(5-13)11(14)15-6-10/h4-6,9,13H,1-3,7H2,(H2,14,15). The van der Waals surface area contributed by atoms with Gasteiger partial charge in [0.1, 0.15) is 12.0 Å². The Kier molecular flexibility index (Phi) is 3.03.